The molecule has 0 amide bonds. The lowest BCUT2D eigenvalue weighted by molar-refractivity contribution is -0.165. The molecule has 0 aromatic carbocycles. The Bertz CT molecular complexity index is 802. The summed E-state index contributed by atoms with van der Waals surface area (Å²) in [4.78, 5) is 47.7. The van der Waals surface area contributed by atoms with Crippen LogP contribution in [0.25, 0.3) is 0 Å². The first-order valence-corrected chi connectivity index (χ1v) is 14.3. The van der Waals surface area contributed by atoms with Gasteiger partial charge in [-0.3, -0.25) is 23.7 Å². The molecule has 0 saturated heterocycles. The molecule has 9 nitrogen and oxygen atoms in total. The van der Waals surface area contributed by atoms with Crippen molar-refractivity contribution in [3.05, 3.63) is 25.3 Å². The Labute approximate surface area is 215 Å². The van der Waals surface area contributed by atoms with Crippen LogP contribution in [0.4, 0.5) is 0 Å². The van der Waals surface area contributed by atoms with Crippen molar-refractivity contribution in [2.75, 3.05) is 0 Å². The Kier molecular flexibility index (Phi) is 19.5. The maximum Gasteiger partial charge on any atom is 0.335 e. The molecule has 0 saturated carbocycles. The second-order valence-corrected chi connectivity index (χ2v) is 10.3. The Morgan fingerprint density at radius 1 is 0.639 bits per heavy atom. The van der Waals surface area contributed by atoms with E-state index < -0.39 is 45.7 Å². The van der Waals surface area contributed by atoms with Gasteiger partial charge >= 0.3 is 23.9 Å². The van der Waals surface area contributed by atoms with Crippen LogP contribution in [0.15, 0.2) is 25.3 Å². The minimum absolute atomic E-state index is 0.0356. The first-order chi connectivity index (χ1) is 17.1. The van der Waals surface area contributed by atoms with E-state index in [2.05, 4.69) is 22.6 Å². The van der Waals surface area contributed by atoms with Gasteiger partial charge in [0.05, 0.1) is 6.42 Å². The van der Waals surface area contributed by atoms with E-state index in [4.69, 9.17) is 0 Å². The summed E-state index contributed by atoms with van der Waals surface area (Å²) >= 11 is 0. The highest BCUT2D eigenvalue weighted by Gasteiger charge is 2.37. The highest BCUT2D eigenvalue weighted by Crippen LogP contribution is 2.13. The summed E-state index contributed by atoms with van der Waals surface area (Å²) in [5, 5.41) is -2.35. The van der Waals surface area contributed by atoms with E-state index in [1.54, 1.807) is 0 Å². The van der Waals surface area contributed by atoms with Gasteiger partial charge in [-0.15, -0.1) is 13.2 Å². The van der Waals surface area contributed by atoms with Crippen molar-refractivity contribution in [1.29, 1.82) is 0 Å². The Balaban J connectivity index is 4.33. The summed E-state index contributed by atoms with van der Waals surface area (Å²) in [5.74, 6) is -4.68. The second-order valence-electron chi connectivity index (χ2n) is 8.74. The van der Waals surface area contributed by atoms with Gasteiger partial charge in [0, 0.05) is 12.8 Å². The molecular formula is C26H42O9S. The van der Waals surface area contributed by atoms with Crippen LogP contribution >= 0.6 is 0 Å². The van der Waals surface area contributed by atoms with Crippen LogP contribution in [0.2, 0.25) is 0 Å². The van der Waals surface area contributed by atoms with Crippen molar-refractivity contribution >= 4 is 34.0 Å². The number of unbranched alkanes of at least 4 members (excludes halogenated alkanes) is 12. The van der Waals surface area contributed by atoms with Gasteiger partial charge in [-0.1, -0.05) is 63.5 Å². The minimum atomic E-state index is -5.07. The summed E-state index contributed by atoms with van der Waals surface area (Å²) in [6.45, 7) is 7.32. The summed E-state index contributed by atoms with van der Waals surface area (Å²) in [5.41, 5.74) is 0. The van der Waals surface area contributed by atoms with Crippen molar-refractivity contribution in [1.82, 2.24) is 0 Å². The van der Waals surface area contributed by atoms with Gasteiger partial charge in [0.15, 0.2) is 5.25 Å². The van der Waals surface area contributed by atoms with Crippen molar-refractivity contribution < 1.29 is 41.6 Å². The monoisotopic (exact) mass is 530 g/mol. The zero-order valence-electron chi connectivity index (χ0n) is 21.3. The number of carbonyl (C=O) groups excluding carboxylic acids is 4. The largest absolute Gasteiger partial charge is 0.393 e. The number of hydrogen-bond acceptors (Lipinski definition) is 8. The topological polar surface area (TPSA) is 141 Å². The highest BCUT2D eigenvalue weighted by atomic mass is 32.2. The van der Waals surface area contributed by atoms with Crippen LogP contribution in [-0.2, 0) is 38.8 Å². The first-order valence-electron chi connectivity index (χ1n) is 12.8. The molecule has 0 rings (SSSR count). The quantitative estimate of drug-likeness (QED) is 0.0641. The van der Waals surface area contributed by atoms with Gasteiger partial charge in [-0.25, -0.2) is 0 Å². The van der Waals surface area contributed by atoms with Crippen LogP contribution in [-0.4, -0.2) is 42.1 Å². The third-order valence-electron chi connectivity index (χ3n) is 5.49. The van der Waals surface area contributed by atoms with Gasteiger partial charge < -0.3 is 9.47 Å². The number of ether oxygens (including phenoxy) is 2. The lowest BCUT2D eigenvalue weighted by Crippen LogP contribution is -2.36. The Hall–Kier alpha value is -2.33. The Morgan fingerprint density at radius 2 is 1.03 bits per heavy atom. The third kappa shape index (κ3) is 18.9. The fourth-order valence-corrected chi connectivity index (χ4v) is 4.08. The number of allylic oxidation sites excluding steroid dienone is 2. The summed E-state index contributed by atoms with van der Waals surface area (Å²) < 4.78 is 41.5. The molecule has 0 fully saturated rings. The molecule has 1 unspecified atom stereocenters. The van der Waals surface area contributed by atoms with Crippen molar-refractivity contribution in [2.24, 2.45) is 0 Å². The minimum Gasteiger partial charge on any atom is -0.393 e. The number of rotatable bonds is 22. The van der Waals surface area contributed by atoms with Crippen LogP contribution in [0.5, 0.6) is 0 Å². The van der Waals surface area contributed by atoms with Gasteiger partial charge in [0.2, 0.25) is 0 Å². The molecule has 0 aromatic heterocycles. The molecule has 206 valence electrons. The summed E-state index contributed by atoms with van der Waals surface area (Å²) in [6, 6.07) is 0. The molecule has 10 heteroatoms. The molecule has 1 atom stereocenters. The lowest BCUT2D eigenvalue weighted by Gasteiger charge is -2.12. The van der Waals surface area contributed by atoms with E-state index in [0.717, 1.165) is 77.0 Å². The fraction of sp³-hybridized carbons (Fsp3) is 0.692. The zero-order valence-corrected chi connectivity index (χ0v) is 22.1. The fourth-order valence-electron chi connectivity index (χ4n) is 3.44. The third-order valence-corrected chi connectivity index (χ3v) is 6.57. The number of esters is 4. The van der Waals surface area contributed by atoms with Gasteiger partial charge in [0.25, 0.3) is 10.1 Å². The van der Waals surface area contributed by atoms with Gasteiger partial charge in [-0.2, -0.15) is 8.42 Å². The highest BCUT2D eigenvalue weighted by molar-refractivity contribution is 7.87. The molecule has 0 radical (unpaired) electrons. The molecule has 0 bridgehead atoms. The molecule has 0 aliphatic rings. The molecular weight excluding hydrogens is 488 g/mol. The molecule has 1 N–H and O–H groups in total. The average Bonchev–Trinajstić information content (AvgIpc) is 2.80. The van der Waals surface area contributed by atoms with E-state index in [1.165, 1.54) is 0 Å². The summed E-state index contributed by atoms with van der Waals surface area (Å²) in [7, 11) is -5.07. The van der Waals surface area contributed by atoms with Crippen LogP contribution < -0.4 is 0 Å². The molecule has 0 heterocycles. The average molecular weight is 531 g/mol. The zero-order chi connectivity index (χ0) is 27.2. The van der Waals surface area contributed by atoms with Gasteiger partial charge in [-0.05, 0) is 38.5 Å². The predicted molar refractivity (Wildman–Crippen MR) is 136 cm³/mol. The Morgan fingerprint density at radius 3 is 1.44 bits per heavy atom. The smallest absolute Gasteiger partial charge is 0.335 e. The van der Waals surface area contributed by atoms with Crippen LogP contribution in [0.1, 0.15) is 109 Å². The van der Waals surface area contributed by atoms with E-state index >= 15 is 0 Å². The number of hydrogen-bond donors (Lipinski definition) is 1. The van der Waals surface area contributed by atoms with Crippen LogP contribution in [0, 0.1) is 0 Å². The molecule has 0 spiro atoms. The standard InChI is InChI=1S/C26H42O9S/c1-3-5-7-9-11-13-15-17-19-23(27)34-25(29)21-22(36(31,32)33)26(30)35-24(28)20-18-16-14-12-10-8-6-4-2/h3-4,22H,1-2,5-21H2,(H,31,32,33). The van der Waals surface area contributed by atoms with E-state index in [1.807, 2.05) is 12.2 Å². The van der Waals surface area contributed by atoms with E-state index in [0.29, 0.717) is 12.8 Å². The molecule has 0 aliphatic carbocycles. The van der Waals surface area contributed by atoms with Crippen molar-refractivity contribution in [3.63, 3.8) is 0 Å². The maximum atomic E-state index is 12.1. The first kappa shape index (κ1) is 33.7. The van der Waals surface area contributed by atoms with E-state index in [-0.39, 0.29) is 12.8 Å². The molecule has 36 heavy (non-hydrogen) atoms. The van der Waals surface area contributed by atoms with Gasteiger partial charge in [0.1, 0.15) is 0 Å². The second kappa shape index (κ2) is 20.8. The van der Waals surface area contributed by atoms with Crippen molar-refractivity contribution in [3.8, 4) is 0 Å². The lowest BCUT2D eigenvalue weighted by atomic mass is 10.1. The predicted octanol–water partition coefficient (Wildman–Crippen LogP) is 5.39. The SMILES string of the molecule is C=CCCCCCCCCC(=O)OC(=O)CC(C(=O)OC(=O)CCCCCCCCC=C)S(=O)(=O)O. The van der Waals surface area contributed by atoms with Crippen molar-refractivity contribution in [2.45, 2.75) is 114 Å². The number of carbonyl (C=O) groups is 4. The molecule has 0 aromatic rings. The van der Waals surface area contributed by atoms with Crippen LogP contribution in [0.3, 0.4) is 0 Å². The molecule has 0 aliphatic heterocycles. The van der Waals surface area contributed by atoms with E-state index in [9.17, 15) is 32.1 Å². The maximum absolute atomic E-state index is 12.1. The normalized spacial score (nSPS) is 11.9. The summed E-state index contributed by atoms with van der Waals surface area (Å²) in [6.07, 6.45) is 15.0.